The average Bonchev–Trinajstić information content (AvgIpc) is 2.54. The van der Waals surface area contributed by atoms with Gasteiger partial charge in [0.25, 0.3) is 5.69 Å². The minimum atomic E-state index is -0.484. The van der Waals surface area contributed by atoms with Gasteiger partial charge in [-0.1, -0.05) is 6.07 Å². The van der Waals surface area contributed by atoms with Gasteiger partial charge in [0.05, 0.1) is 4.92 Å². The molecule has 1 heterocycles. The summed E-state index contributed by atoms with van der Waals surface area (Å²) >= 11 is 5.00. The van der Waals surface area contributed by atoms with Gasteiger partial charge < -0.3 is 5.32 Å². The standard InChI is InChI=1S/C15H12N4O3S/c20-14(18-15(23)17-13-3-1-2-10-16-13)9-6-11-4-7-12(8-5-11)19(21)22/h1-10H,(H2,16,17,18,20,23)/b9-6+. The smallest absolute Gasteiger partial charge is 0.269 e. The van der Waals surface area contributed by atoms with E-state index < -0.39 is 10.8 Å². The van der Waals surface area contributed by atoms with Crippen LogP contribution in [-0.4, -0.2) is 20.9 Å². The lowest BCUT2D eigenvalue weighted by Gasteiger charge is -2.06. The number of aromatic nitrogens is 1. The third-order valence-electron chi connectivity index (χ3n) is 2.67. The molecule has 2 N–H and O–H groups in total. The highest BCUT2D eigenvalue weighted by Gasteiger charge is 2.04. The van der Waals surface area contributed by atoms with Gasteiger partial charge in [0, 0.05) is 24.4 Å². The fraction of sp³-hybridized carbons (Fsp3) is 0. The number of nitrogens with zero attached hydrogens (tertiary/aromatic N) is 2. The monoisotopic (exact) mass is 328 g/mol. The zero-order valence-corrected chi connectivity index (χ0v) is 12.6. The van der Waals surface area contributed by atoms with Crippen molar-refractivity contribution in [3.63, 3.8) is 0 Å². The number of hydrogen-bond acceptors (Lipinski definition) is 5. The molecule has 0 unspecified atom stereocenters. The second kappa shape index (κ2) is 7.76. The van der Waals surface area contributed by atoms with Crippen molar-refractivity contribution in [3.05, 3.63) is 70.4 Å². The van der Waals surface area contributed by atoms with E-state index in [0.717, 1.165) is 0 Å². The molecule has 0 aliphatic heterocycles. The van der Waals surface area contributed by atoms with E-state index >= 15 is 0 Å². The molecule has 0 aliphatic rings. The Morgan fingerprint density at radius 3 is 2.57 bits per heavy atom. The van der Waals surface area contributed by atoms with Crippen molar-refractivity contribution in [3.8, 4) is 0 Å². The molecule has 2 rings (SSSR count). The van der Waals surface area contributed by atoms with Crippen LogP contribution in [0.3, 0.4) is 0 Å². The summed E-state index contributed by atoms with van der Waals surface area (Å²) in [7, 11) is 0. The first-order valence-corrected chi connectivity index (χ1v) is 6.91. The quantitative estimate of drug-likeness (QED) is 0.387. The lowest BCUT2D eigenvalue weighted by molar-refractivity contribution is -0.384. The Morgan fingerprint density at radius 2 is 1.96 bits per heavy atom. The van der Waals surface area contributed by atoms with E-state index in [1.165, 1.54) is 24.3 Å². The molecule has 0 saturated carbocycles. The third kappa shape index (κ3) is 5.29. The molecule has 1 amide bonds. The van der Waals surface area contributed by atoms with Crippen LogP contribution in [0, 0.1) is 10.1 Å². The summed E-state index contributed by atoms with van der Waals surface area (Å²) in [6.45, 7) is 0. The zero-order valence-electron chi connectivity index (χ0n) is 11.8. The number of nitrogens with one attached hydrogen (secondary N) is 2. The predicted molar refractivity (Wildman–Crippen MR) is 90.7 cm³/mol. The molecule has 7 nitrogen and oxygen atoms in total. The van der Waals surface area contributed by atoms with Gasteiger partial charge in [0.15, 0.2) is 5.11 Å². The van der Waals surface area contributed by atoms with Gasteiger partial charge in [-0.2, -0.15) is 0 Å². The minimum Gasteiger partial charge on any atom is -0.317 e. The molecule has 116 valence electrons. The van der Waals surface area contributed by atoms with Crippen LogP contribution in [-0.2, 0) is 4.79 Å². The third-order valence-corrected chi connectivity index (χ3v) is 2.88. The van der Waals surface area contributed by atoms with Crippen LogP contribution in [0.1, 0.15) is 5.56 Å². The van der Waals surface area contributed by atoms with Crippen molar-refractivity contribution in [2.75, 3.05) is 5.32 Å². The van der Waals surface area contributed by atoms with E-state index in [1.807, 2.05) is 0 Å². The molecule has 0 saturated heterocycles. The maximum absolute atomic E-state index is 11.7. The average molecular weight is 328 g/mol. The Kier molecular flexibility index (Phi) is 5.48. The van der Waals surface area contributed by atoms with Crippen molar-refractivity contribution in [2.24, 2.45) is 0 Å². The number of non-ortho nitro benzene ring substituents is 1. The second-order valence-corrected chi connectivity index (χ2v) is 4.75. The molecule has 0 atom stereocenters. The summed E-state index contributed by atoms with van der Waals surface area (Å²) in [5.74, 6) is 0.105. The van der Waals surface area contributed by atoms with Crippen molar-refractivity contribution < 1.29 is 9.72 Å². The minimum absolute atomic E-state index is 0.00709. The van der Waals surface area contributed by atoms with E-state index in [2.05, 4.69) is 15.6 Å². The number of thiocarbonyl (C=S) groups is 1. The van der Waals surface area contributed by atoms with Gasteiger partial charge in [0.1, 0.15) is 5.82 Å². The molecular weight excluding hydrogens is 316 g/mol. The normalized spacial score (nSPS) is 10.3. The molecule has 8 heteroatoms. The topological polar surface area (TPSA) is 97.2 Å². The van der Waals surface area contributed by atoms with Crippen molar-refractivity contribution >= 4 is 40.8 Å². The van der Waals surface area contributed by atoms with Crippen LogP contribution >= 0.6 is 12.2 Å². The molecule has 23 heavy (non-hydrogen) atoms. The number of amides is 1. The number of pyridine rings is 1. The largest absolute Gasteiger partial charge is 0.317 e. The van der Waals surface area contributed by atoms with Crippen LogP contribution in [0.15, 0.2) is 54.7 Å². The number of carbonyl (C=O) groups excluding carboxylic acids is 1. The highest BCUT2D eigenvalue weighted by Crippen LogP contribution is 2.12. The van der Waals surface area contributed by atoms with Gasteiger partial charge >= 0.3 is 0 Å². The van der Waals surface area contributed by atoms with Crippen molar-refractivity contribution in [1.82, 2.24) is 10.3 Å². The Balaban J connectivity index is 1.88. The Hall–Kier alpha value is -3.13. The van der Waals surface area contributed by atoms with Crippen LogP contribution < -0.4 is 10.6 Å². The van der Waals surface area contributed by atoms with Crippen LogP contribution in [0.5, 0.6) is 0 Å². The zero-order chi connectivity index (χ0) is 16.7. The van der Waals surface area contributed by atoms with E-state index in [4.69, 9.17) is 12.2 Å². The number of rotatable bonds is 4. The molecule has 2 aromatic rings. The molecular formula is C15H12N4O3S. The molecule has 0 aliphatic carbocycles. The summed E-state index contributed by atoms with van der Waals surface area (Å²) in [5.41, 5.74) is 0.654. The SMILES string of the molecule is O=C(/C=C/c1ccc([N+](=O)[O-])cc1)NC(=S)Nc1ccccn1. The number of anilines is 1. The van der Waals surface area contributed by atoms with Gasteiger partial charge in [-0.3, -0.25) is 20.2 Å². The summed E-state index contributed by atoms with van der Waals surface area (Å²) in [6.07, 6.45) is 4.41. The fourth-order valence-electron chi connectivity index (χ4n) is 1.62. The number of benzene rings is 1. The van der Waals surface area contributed by atoms with Crippen LogP contribution in [0.4, 0.5) is 11.5 Å². The Morgan fingerprint density at radius 1 is 1.22 bits per heavy atom. The first-order chi connectivity index (χ1) is 11.0. The summed E-state index contributed by atoms with van der Waals surface area (Å²) < 4.78 is 0. The van der Waals surface area contributed by atoms with Gasteiger partial charge in [-0.15, -0.1) is 0 Å². The van der Waals surface area contributed by atoms with E-state index in [1.54, 1.807) is 36.5 Å². The molecule has 0 fully saturated rings. The number of nitro benzene ring substituents is 1. The number of hydrogen-bond donors (Lipinski definition) is 2. The van der Waals surface area contributed by atoms with Crippen LogP contribution in [0.25, 0.3) is 6.08 Å². The summed E-state index contributed by atoms with van der Waals surface area (Å²) in [5, 5.41) is 15.9. The van der Waals surface area contributed by atoms with Gasteiger partial charge in [-0.05, 0) is 48.1 Å². The lowest BCUT2D eigenvalue weighted by atomic mass is 10.2. The molecule has 1 aromatic heterocycles. The van der Waals surface area contributed by atoms with E-state index in [9.17, 15) is 14.9 Å². The fourth-order valence-corrected chi connectivity index (χ4v) is 1.82. The Labute approximate surface area is 137 Å². The maximum atomic E-state index is 11.7. The highest BCUT2D eigenvalue weighted by atomic mass is 32.1. The summed E-state index contributed by atoms with van der Waals surface area (Å²) in [4.78, 5) is 25.8. The van der Waals surface area contributed by atoms with Gasteiger partial charge in [-0.25, -0.2) is 4.98 Å². The van der Waals surface area contributed by atoms with Crippen molar-refractivity contribution in [1.29, 1.82) is 0 Å². The molecule has 0 spiro atoms. The van der Waals surface area contributed by atoms with Crippen LogP contribution in [0.2, 0.25) is 0 Å². The van der Waals surface area contributed by atoms with Crippen molar-refractivity contribution in [2.45, 2.75) is 0 Å². The maximum Gasteiger partial charge on any atom is 0.269 e. The second-order valence-electron chi connectivity index (χ2n) is 4.34. The Bertz CT molecular complexity index is 745. The van der Waals surface area contributed by atoms with E-state index in [0.29, 0.717) is 11.4 Å². The van der Waals surface area contributed by atoms with Gasteiger partial charge in [0.2, 0.25) is 5.91 Å². The lowest BCUT2D eigenvalue weighted by Crippen LogP contribution is -2.33. The summed E-state index contributed by atoms with van der Waals surface area (Å²) in [6, 6.07) is 11.1. The first-order valence-electron chi connectivity index (χ1n) is 6.50. The molecule has 0 bridgehead atoms. The highest BCUT2D eigenvalue weighted by molar-refractivity contribution is 7.80. The van der Waals surface area contributed by atoms with E-state index in [-0.39, 0.29) is 10.8 Å². The molecule has 1 aromatic carbocycles. The number of carbonyl (C=O) groups is 1. The predicted octanol–water partition coefficient (Wildman–Crippen LogP) is 2.52. The first kappa shape index (κ1) is 16.2. The number of nitro groups is 1. The molecule has 0 radical (unpaired) electrons.